The molecule has 1 heterocycles. The highest BCUT2D eigenvalue weighted by atomic mass is 32.2. The van der Waals surface area contributed by atoms with Crippen LogP contribution in [-0.2, 0) is 11.2 Å². The molecular formula is C15H19N3O4S. The summed E-state index contributed by atoms with van der Waals surface area (Å²) in [4.78, 5) is 35.5. The first-order valence-electron chi connectivity index (χ1n) is 7.31. The molecule has 1 aliphatic heterocycles. The Morgan fingerprint density at radius 3 is 2.78 bits per heavy atom. The van der Waals surface area contributed by atoms with Crippen molar-refractivity contribution in [3.63, 3.8) is 0 Å². The van der Waals surface area contributed by atoms with Crippen molar-refractivity contribution >= 4 is 28.9 Å². The Kier molecular flexibility index (Phi) is 6.28. The maximum Gasteiger partial charge on any atom is 0.317 e. The minimum absolute atomic E-state index is 0.0419. The molecule has 1 aliphatic rings. The van der Waals surface area contributed by atoms with Crippen LogP contribution in [0, 0.1) is 0 Å². The molecule has 2 rings (SSSR count). The molecule has 0 spiro atoms. The largest absolute Gasteiger partial charge is 0.473 e. The summed E-state index contributed by atoms with van der Waals surface area (Å²) in [6, 6.07) is 7.21. The van der Waals surface area contributed by atoms with E-state index in [4.69, 9.17) is 4.74 Å². The number of carbonyl (C=O) groups excluding carboxylic acids is 3. The van der Waals surface area contributed by atoms with Gasteiger partial charge in [0, 0.05) is 13.1 Å². The number of nitrogens with zero attached hydrogens (tertiary/aromatic N) is 1. The van der Waals surface area contributed by atoms with E-state index in [-0.39, 0.29) is 36.7 Å². The molecule has 1 aromatic carbocycles. The summed E-state index contributed by atoms with van der Waals surface area (Å²) in [6.45, 7) is 2.45. The van der Waals surface area contributed by atoms with Crippen LogP contribution in [0.15, 0.2) is 24.3 Å². The molecule has 23 heavy (non-hydrogen) atoms. The van der Waals surface area contributed by atoms with Gasteiger partial charge in [0.05, 0.1) is 5.75 Å². The number of nitrogens with one attached hydrogen (secondary N) is 2. The number of carbonyl (C=O) groups is 3. The van der Waals surface area contributed by atoms with E-state index in [0.29, 0.717) is 0 Å². The number of hydrogen-bond donors (Lipinski definition) is 2. The summed E-state index contributed by atoms with van der Waals surface area (Å²) in [6.07, 6.45) is 0.846. The van der Waals surface area contributed by atoms with Crippen molar-refractivity contribution in [2.45, 2.75) is 13.3 Å². The number of hydrogen-bond acceptors (Lipinski definition) is 5. The maximum atomic E-state index is 11.6. The van der Waals surface area contributed by atoms with Crippen LogP contribution in [0.4, 0.5) is 9.59 Å². The van der Waals surface area contributed by atoms with Crippen molar-refractivity contribution in [2.75, 3.05) is 25.6 Å². The molecule has 0 unspecified atom stereocenters. The van der Waals surface area contributed by atoms with Gasteiger partial charge in [-0.1, -0.05) is 36.9 Å². The summed E-state index contributed by atoms with van der Waals surface area (Å²) in [5, 5.41) is 4.88. The SMILES string of the molecule is CCc1ccccc1OCNC(=O)NCCN1C(=O)CSC1=O. The molecule has 1 fully saturated rings. The van der Waals surface area contributed by atoms with Gasteiger partial charge in [-0.2, -0.15) is 0 Å². The highest BCUT2D eigenvalue weighted by molar-refractivity contribution is 8.14. The number of imide groups is 1. The smallest absolute Gasteiger partial charge is 0.317 e. The van der Waals surface area contributed by atoms with Gasteiger partial charge in [-0.25, -0.2) is 4.79 Å². The van der Waals surface area contributed by atoms with Gasteiger partial charge in [-0.15, -0.1) is 0 Å². The van der Waals surface area contributed by atoms with Crippen LogP contribution in [-0.4, -0.2) is 47.7 Å². The molecule has 0 bridgehead atoms. The van der Waals surface area contributed by atoms with Gasteiger partial charge < -0.3 is 15.4 Å². The normalized spacial score (nSPS) is 14.0. The molecule has 0 saturated carbocycles. The fourth-order valence-corrected chi connectivity index (χ4v) is 2.81. The lowest BCUT2D eigenvalue weighted by Crippen LogP contribution is -2.42. The van der Waals surface area contributed by atoms with Crippen LogP contribution < -0.4 is 15.4 Å². The molecule has 0 radical (unpaired) electrons. The van der Waals surface area contributed by atoms with Crippen LogP contribution in [0.5, 0.6) is 5.75 Å². The first-order valence-corrected chi connectivity index (χ1v) is 8.30. The van der Waals surface area contributed by atoms with E-state index in [9.17, 15) is 14.4 Å². The average molecular weight is 337 g/mol. The standard InChI is InChI=1S/C15H19N3O4S/c1-2-11-5-3-4-6-12(11)22-10-17-14(20)16-7-8-18-13(19)9-23-15(18)21/h3-6H,2,7-10H2,1H3,(H2,16,17,20). The first-order chi connectivity index (χ1) is 11.1. The van der Waals surface area contributed by atoms with Gasteiger partial charge in [-0.05, 0) is 18.1 Å². The molecule has 4 amide bonds. The Morgan fingerprint density at radius 1 is 1.30 bits per heavy atom. The summed E-state index contributed by atoms with van der Waals surface area (Å²) < 4.78 is 5.52. The fraction of sp³-hybridized carbons (Fsp3) is 0.400. The van der Waals surface area contributed by atoms with E-state index < -0.39 is 6.03 Å². The van der Waals surface area contributed by atoms with Crippen molar-refractivity contribution in [3.8, 4) is 5.75 Å². The number of rotatable bonds is 7. The minimum atomic E-state index is -0.411. The van der Waals surface area contributed by atoms with Gasteiger partial charge >= 0.3 is 6.03 Å². The Morgan fingerprint density at radius 2 is 2.09 bits per heavy atom. The Balaban J connectivity index is 1.65. The maximum absolute atomic E-state index is 11.6. The third kappa shape index (κ3) is 4.88. The second kappa shape index (κ2) is 8.42. The van der Waals surface area contributed by atoms with E-state index in [1.54, 1.807) is 0 Å². The lowest BCUT2D eigenvalue weighted by Gasteiger charge is -2.14. The lowest BCUT2D eigenvalue weighted by molar-refractivity contribution is -0.124. The van der Waals surface area contributed by atoms with Crippen LogP contribution in [0.25, 0.3) is 0 Å². The summed E-state index contributed by atoms with van der Waals surface area (Å²) >= 11 is 0.976. The van der Waals surface area contributed by atoms with Gasteiger partial charge in [-0.3, -0.25) is 14.5 Å². The highest BCUT2D eigenvalue weighted by Gasteiger charge is 2.29. The number of para-hydroxylation sites is 1. The predicted molar refractivity (Wildman–Crippen MR) is 87.4 cm³/mol. The monoisotopic (exact) mass is 337 g/mol. The number of urea groups is 1. The zero-order valence-corrected chi connectivity index (χ0v) is 13.6. The quantitative estimate of drug-likeness (QED) is 0.738. The van der Waals surface area contributed by atoms with E-state index >= 15 is 0 Å². The third-order valence-electron chi connectivity index (χ3n) is 3.28. The average Bonchev–Trinajstić information content (AvgIpc) is 2.87. The molecular weight excluding hydrogens is 318 g/mol. The van der Waals surface area contributed by atoms with Crippen molar-refractivity contribution in [2.24, 2.45) is 0 Å². The Hall–Kier alpha value is -2.22. The molecule has 124 valence electrons. The van der Waals surface area contributed by atoms with E-state index in [2.05, 4.69) is 10.6 Å². The number of aryl methyl sites for hydroxylation is 1. The molecule has 0 aliphatic carbocycles. The second-order valence-corrected chi connectivity index (χ2v) is 5.71. The first kappa shape index (κ1) is 17.1. The van der Waals surface area contributed by atoms with Gasteiger partial charge in [0.2, 0.25) is 5.91 Å². The van der Waals surface area contributed by atoms with Crippen LogP contribution in [0.1, 0.15) is 12.5 Å². The fourth-order valence-electron chi connectivity index (χ4n) is 2.06. The molecule has 7 nitrogen and oxygen atoms in total. The molecule has 0 atom stereocenters. The minimum Gasteiger partial charge on any atom is -0.473 e. The molecule has 2 N–H and O–H groups in total. The van der Waals surface area contributed by atoms with Gasteiger partial charge in [0.1, 0.15) is 5.75 Å². The topological polar surface area (TPSA) is 87.7 Å². The van der Waals surface area contributed by atoms with Crippen LogP contribution in [0.3, 0.4) is 0 Å². The van der Waals surface area contributed by atoms with Gasteiger partial charge in [0.15, 0.2) is 6.73 Å². The molecule has 1 saturated heterocycles. The van der Waals surface area contributed by atoms with Crippen LogP contribution in [0.2, 0.25) is 0 Å². The molecule has 8 heteroatoms. The van der Waals surface area contributed by atoms with Gasteiger partial charge in [0.25, 0.3) is 5.24 Å². The summed E-state index contributed by atoms with van der Waals surface area (Å²) in [7, 11) is 0. The van der Waals surface area contributed by atoms with E-state index in [1.807, 2.05) is 31.2 Å². The van der Waals surface area contributed by atoms with E-state index in [1.165, 1.54) is 0 Å². The lowest BCUT2D eigenvalue weighted by atomic mass is 10.1. The molecule has 0 aromatic heterocycles. The third-order valence-corrected chi connectivity index (χ3v) is 4.13. The van der Waals surface area contributed by atoms with Crippen molar-refractivity contribution in [3.05, 3.63) is 29.8 Å². The number of benzene rings is 1. The van der Waals surface area contributed by atoms with Crippen molar-refractivity contribution in [1.29, 1.82) is 0 Å². The van der Waals surface area contributed by atoms with Crippen LogP contribution >= 0.6 is 11.8 Å². The van der Waals surface area contributed by atoms with Crippen molar-refractivity contribution < 1.29 is 19.1 Å². The number of ether oxygens (including phenoxy) is 1. The highest BCUT2D eigenvalue weighted by Crippen LogP contribution is 2.18. The summed E-state index contributed by atoms with van der Waals surface area (Å²) in [5.74, 6) is 0.692. The zero-order chi connectivity index (χ0) is 16.7. The molecule has 1 aromatic rings. The van der Waals surface area contributed by atoms with Crippen molar-refractivity contribution in [1.82, 2.24) is 15.5 Å². The predicted octanol–water partition coefficient (Wildman–Crippen LogP) is 1.58. The Bertz CT molecular complexity index is 578. The second-order valence-electron chi connectivity index (χ2n) is 4.78. The number of amides is 4. The number of thioether (sulfide) groups is 1. The summed E-state index contributed by atoms with van der Waals surface area (Å²) in [5.41, 5.74) is 1.07. The van der Waals surface area contributed by atoms with E-state index in [0.717, 1.165) is 34.4 Å². The Labute approximate surface area is 138 Å². The zero-order valence-electron chi connectivity index (χ0n) is 12.8.